The second kappa shape index (κ2) is 12.1. The molecule has 0 bridgehead atoms. The van der Waals surface area contributed by atoms with Gasteiger partial charge in [0.05, 0.1) is 12.2 Å². The number of nitriles is 1. The molecule has 9 heteroatoms. The van der Waals surface area contributed by atoms with Crippen LogP contribution in [0.1, 0.15) is 45.1 Å². The van der Waals surface area contributed by atoms with Crippen LogP contribution in [-0.2, 0) is 17.7 Å². The smallest absolute Gasteiger partial charge is 0.493 e. The van der Waals surface area contributed by atoms with Gasteiger partial charge in [-0.25, -0.2) is 4.79 Å². The highest BCUT2D eigenvalue weighted by Crippen LogP contribution is 2.40. The van der Waals surface area contributed by atoms with Crippen LogP contribution in [0.5, 0.6) is 17.2 Å². The Morgan fingerprint density at radius 2 is 1.82 bits per heavy atom. The molecule has 2 N–H and O–H groups in total. The topological polar surface area (TPSA) is 121 Å². The van der Waals surface area contributed by atoms with Crippen LogP contribution in [0.3, 0.4) is 0 Å². The summed E-state index contributed by atoms with van der Waals surface area (Å²) < 4.78 is 16.5. The third kappa shape index (κ3) is 6.81. The predicted octanol–water partition coefficient (Wildman–Crippen LogP) is 4.90. The van der Waals surface area contributed by atoms with Crippen LogP contribution in [0.2, 0.25) is 0 Å². The number of carboxylic acid groups (broad SMARTS) is 1. The zero-order valence-corrected chi connectivity index (χ0v) is 21.3. The lowest BCUT2D eigenvalue weighted by molar-refractivity contribution is 0.0326. The molecule has 1 aliphatic heterocycles. The van der Waals surface area contributed by atoms with Crippen LogP contribution in [-0.4, -0.2) is 49.3 Å². The standard InChI is InChI=1S/C29H29N3O6/c1-32(2)18-20-5-3-19(4-6-20)11-13-31-28(33)21-7-9-23(10-8-21)37-26-16-27-24(15-22(26)17-30)25(12-14-36-27)38-29(34)35/h3-10,15-16,25H,11-14,18H2,1-2H3,(H,31,33)(H,34,35). The summed E-state index contributed by atoms with van der Waals surface area (Å²) in [5.74, 6) is 0.908. The highest BCUT2D eigenvalue weighted by molar-refractivity contribution is 5.94. The molecule has 0 aliphatic carbocycles. The summed E-state index contributed by atoms with van der Waals surface area (Å²) in [5.41, 5.74) is 3.58. The first-order valence-corrected chi connectivity index (χ1v) is 12.2. The summed E-state index contributed by atoms with van der Waals surface area (Å²) >= 11 is 0. The maximum Gasteiger partial charge on any atom is 0.506 e. The lowest BCUT2D eigenvalue weighted by Crippen LogP contribution is -2.25. The van der Waals surface area contributed by atoms with Gasteiger partial charge in [-0.15, -0.1) is 0 Å². The normalized spacial score (nSPS) is 14.1. The fourth-order valence-electron chi connectivity index (χ4n) is 4.20. The first kappa shape index (κ1) is 26.5. The number of ether oxygens (including phenoxy) is 3. The Bertz CT molecular complexity index is 1330. The Kier molecular flexibility index (Phi) is 8.46. The van der Waals surface area contributed by atoms with Gasteiger partial charge in [0, 0.05) is 36.7 Å². The molecule has 3 aromatic carbocycles. The first-order valence-electron chi connectivity index (χ1n) is 12.2. The molecule has 0 spiro atoms. The highest BCUT2D eigenvalue weighted by atomic mass is 16.7. The van der Waals surface area contributed by atoms with Gasteiger partial charge >= 0.3 is 6.16 Å². The zero-order chi connectivity index (χ0) is 27.1. The molecular formula is C29H29N3O6. The third-order valence-corrected chi connectivity index (χ3v) is 6.03. The molecule has 9 nitrogen and oxygen atoms in total. The van der Waals surface area contributed by atoms with Crippen molar-refractivity contribution in [3.8, 4) is 23.3 Å². The molecule has 4 rings (SSSR count). The van der Waals surface area contributed by atoms with E-state index in [4.69, 9.17) is 19.3 Å². The van der Waals surface area contributed by atoms with E-state index in [-0.39, 0.29) is 23.8 Å². The van der Waals surface area contributed by atoms with Crippen molar-refractivity contribution >= 4 is 12.1 Å². The highest BCUT2D eigenvalue weighted by Gasteiger charge is 2.27. The summed E-state index contributed by atoms with van der Waals surface area (Å²) in [6.45, 7) is 1.68. The molecule has 1 unspecified atom stereocenters. The summed E-state index contributed by atoms with van der Waals surface area (Å²) in [5, 5.41) is 21.5. The van der Waals surface area contributed by atoms with Crippen LogP contribution in [0.4, 0.5) is 4.79 Å². The molecule has 0 fully saturated rings. The summed E-state index contributed by atoms with van der Waals surface area (Å²) in [7, 11) is 4.07. The largest absolute Gasteiger partial charge is 0.506 e. The van der Waals surface area contributed by atoms with Gasteiger partial charge in [0.15, 0.2) is 0 Å². The van der Waals surface area contributed by atoms with E-state index in [0.717, 1.165) is 18.5 Å². The number of hydrogen-bond acceptors (Lipinski definition) is 7. The minimum Gasteiger partial charge on any atom is -0.493 e. The van der Waals surface area contributed by atoms with Crippen LogP contribution in [0.25, 0.3) is 0 Å². The molecule has 1 aliphatic rings. The van der Waals surface area contributed by atoms with E-state index in [2.05, 4.69) is 40.6 Å². The van der Waals surface area contributed by atoms with Gasteiger partial charge in [0.2, 0.25) is 0 Å². The molecule has 0 radical (unpaired) electrons. The maximum absolute atomic E-state index is 12.6. The predicted molar refractivity (Wildman–Crippen MR) is 140 cm³/mol. The van der Waals surface area contributed by atoms with E-state index in [9.17, 15) is 14.9 Å². The van der Waals surface area contributed by atoms with Crippen molar-refractivity contribution in [2.24, 2.45) is 0 Å². The van der Waals surface area contributed by atoms with Gasteiger partial charge in [-0.1, -0.05) is 24.3 Å². The lowest BCUT2D eigenvalue weighted by Gasteiger charge is -2.25. The third-order valence-electron chi connectivity index (χ3n) is 6.03. The van der Waals surface area contributed by atoms with Crippen molar-refractivity contribution in [3.63, 3.8) is 0 Å². The van der Waals surface area contributed by atoms with Crippen molar-refractivity contribution in [2.45, 2.75) is 25.5 Å². The molecule has 0 saturated carbocycles. The first-order chi connectivity index (χ1) is 18.3. The molecule has 196 valence electrons. The van der Waals surface area contributed by atoms with Gasteiger partial charge in [-0.05, 0) is 62.0 Å². The Morgan fingerprint density at radius 3 is 2.47 bits per heavy atom. The van der Waals surface area contributed by atoms with Crippen molar-refractivity contribution < 1.29 is 28.9 Å². The molecule has 1 heterocycles. The van der Waals surface area contributed by atoms with E-state index in [1.165, 1.54) is 11.6 Å². The minimum atomic E-state index is -1.39. The maximum atomic E-state index is 12.6. The second-order valence-electron chi connectivity index (χ2n) is 9.19. The van der Waals surface area contributed by atoms with Crippen LogP contribution in [0, 0.1) is 11.3 Å². The van der Waals surface area contributed by atoms with E-state index in [0.29, 0.717) is 35.6 Å². The van der Waals surface area contributed by atoms with Crippen LogP contribution < -0.4 is 14.8 Å². The Hall–Kier alpha value is -4.55. The Labute approximate surface area is 221 Å². The molecule has 0 aromatic heterocycles. The molecular weight excluding hydrogens is 486 g/mol. The number of carbonyl (C=O) groups is 2. The average Bonchev–Trinajstić information content (AvgIpc) is 2.89. The van der Waals surface area contributed by atoms with E-state index >= 15 is 0 Å². The number of nitrogens with zero attached hydrogens (tertiary/aromatic N) is 2. The van der Waals surface area contributed by atoms with Gasteiger partial charge in [-0.3, -0.25) is 4.79 Å². The number of rotatable bonds is 9. The zero-order valence-electron chi connectivity index (χ0n) is 21.3. The summed E-state index contributed by atoms with van der Waals surface area (Å²) in [6, 6.07) is 20.1. The fourth-order valence-corrected chi connectivity index (χ4v) is 4.20. The van der Waals surface area contributed by atoms with Crippen molar-refractivity contribution in [3.05, 3.63) is 88.5 Å². The molecule has 38 heavy (non-hydrogen) atoms. The second-order valence-corrected chi connectivity index (χ2v) is 9.19. The number of fused-ring (bicyclic) bond motifs is 1. The number of benzene rings is 3. The van der Waals surface area contributed by atoms with Gasteiger partial charge in [-0.2, -0.15) is 5.26 Å². The number of amides is 1. The van der Waals surface area contributed by atoms with E-state index < -0.39 is 12.3 Å². The Balaban J connectivity index is 1.35. The monoisotopic (exact) mass is 515 g/mol. The average molecular weight is 516 g/mol. The Morgan fingerprint density at radius 1 is 1.11 bits per heavy atom. The van der Waals surface area contributed by atoms with E-state index in [1.54, 1.807) is 30.3 Å². The molecule has 1 atom stereocenters. The summed E-state index contributed by atoms with van der Waals surface area (Å²) in [6.07, 6.45) is -1.01. The van der Waals surface area contributed by atoms with Crippen LogP contribution >= 0.6 is 0 Å². The van der Waals surface area contributed by atoms with Crippen molar-refractivity contribution in [1.29, 1.82) is 5.26 Å². The fraction of sp³-hybridized carbons (Fsp3) is 0.276. The molecule has 0 saturated heterocycles. The van der Waals surface area contributed by atoms with Crippen molar-refractivity contribution in [2.75, 3.05) is 27.2 Å². The van der Waals surface area contributed by atoms with Crippen molar-refractivity contribution in [1.82, 2.24) is 10.2 Å². The number of nitrogens with one attached hydrogen (secondary N) is 1. The molecule has 3 aromatic rings. The minimum absolute atomic E-state index is 0.190. The van der Waals surface area contributed by atoms with E-state index in [1.807, 2.05) is 14.1 Å². The van der Waals surface area contributed by atoms with Gasteiger partial charge in [0.25, 0.3) is 5.91 Å². The SMILES string of the molecule is CN(C)Cc1ccc(CCNC(=O)c2ccc(Oc3cc4c(cc3C#N)C(OC(=O)O)CCO4)cc2)cc1. The lowest BCUT2D eigenvalue weighted by atomic mass is 10.00. The molecule has 1 amide bonds. The van der Waals surface area contributed by atoms with Gasteiger partial charge < -0.3 is 29.5 Å². The van der Waals surface area contributed by atoms with Gasteiger partial charge in [0.1, 0.15) is 29.4 Å². The quantitative estimate of drug-likeness (QED) is 0.386. The number of hydrogen-bond donors (Lipinski definition) is 2. The summed E-state index contributed by atoms with van der Waals surface area (Å²) in [4.78, 5) is 25.7. The number of carbonyl (C=O) groups excluding carboxylic acids is 1. The van der Waals surface area contributed by atoms with Crippen LogP contribution in [0.15, 0.2) is 60.7 Å².